The van der Waals surface area contributed by atoms with Crippen LogP contribution < -0.4 is 10.6 Å². The van der Waals surface area contributed by atoms with E-state index in [1.165, 1.54) is 29.5 Å². The molecule has 0 aliphatic carbocycles. The van der Waals surface area contributed by atoms with Crippen LogP contribution in [0.15, 0.2) is 84.2 Å². The number of nitrogens with zero attached hydrogens (tertiary/aromatic N) is 1. The molecular formula is C25H20FN3O2S. The first-order valence-corrected chi connectivity index (χ1v) is 10.9. The second-order valence-corrected chi connectivity index (χ2v) is 7.99. The number of hydrogen-bond donors (Lipinski definition) is 2. The van der Waals surface area contributed by atoms with Gasteiger partial charge in [0.25, 0.3) is 5.91 Å². The molecule has 5 nitrogen and oxygen atoms in total. The van der Waals surface area contributed by atoms with Gasteiger partial charge < -0.3 is 10.6 Å². The summed E-state index contributed by atoms with van der Waals surface area (Å²) >= 11 is 1.51. The van der Waals surface area contributed by atoms with Gasteiger partial charge in [-0.2, -0.15) is 0 Å². The van der Waals surface area contributed by atoms with Crippen molar-refractivity contribution < 1.29 is 14.0 Å². The second-order valence-electron chi connectivity index (χ2n) is 7.13. The van der Waals surface area contributed by atoms with Crippen molar-refractivity contribution in [2.75, 3.05) is 5.32 Å². The average molecular weight is 446 g/mol. The second kappa shape index (κ2) is 9.98. The number of rotatable bonds is 7. The molecule has 7 heteroatoms. The molecule has 3 aromatic carbocycles. The topological polar surface area (TPSA) is 71.1 Å². The summed E-state index contributed by atoms with van der Waals surface area (Å²) in [5.74, 6) is -1.00. The normalized spacial score (nSPS) is 10.5. The molecule has 1 aromatic heterocycles. The van der Waals surface area contributed by atoms with E-state index in [0.717, 1.165) is 21.8 Å². The van der Waals surface area contributed by atoms with Crippen LogP contribution in [-0.4, -0.2) is 16.8 Å². The van der Waals surface area contributed by atoms with Crippen LogP contribution in [0, 0.1) is 5.82 Å². The molecule has 0 unspecified atom stereocenters. The number of hydrogen-bond acceptors (Lipinski definition) is 4. The maximum atomic E-state index is 13.3. The van der Waals surface area contributed by atoms with Crippen molar-refractivity contribution in [3.8, 4) is 10.6 Å². The average Bonchev–Trinajstić information content (AvgIpc) is 3.27. The Balaban J connectivity index is 1.32. The monoisotopic (exact) mass is 445 g/mol. The van der Waals surface area contributed by atoms with Crippen LogP contribution >= 0.6 is 11.3 Å². The van der Waals surface area contributed by atoms with E-state index in [1.54, 1.807) is 24.3 Å². The number of carbonyl (C=O) groups excluding carboxylic acids is 2. The number of carbonyl (C=O) groups is 2. The molecule has 32 heavy (non-hydrogen) atoms. The number of anilines is 1. The number of halogens is 1. The highest BCUT2D eigenvalue weighted by atomic mass is 32.1. The lowest BCUT2D eigenvalue weighted by molar-refractivity contribution is -0.120. The Bertz CT molecular complexity index is 1240. The zero-order valence-electron chi connectivity index (χ0n) is 17.0. The van der Waals surface area contributed by atoms with Gasteiger partial charge in [0.1, 0.15) is 10.8 Å². The Labute approximate surface area is 189 Å². The van der Waals surface area contributed by atoms with Crippen LogP contribution in [0.4, 0.5) is 10.1 Å². The Morgan fingerprint density at radius 3 is 2.56 bits per heavy atom. The third-order valence-electron chi connectivity index (χ3n) is 4.68. The molecule has 0 saturated carbocycles. The number of thiazole rings is 1. The molecule has 0 saturated heterocycles. The molecule has 4 aromatic rings. The fraction of sp³-hybridized carbons (Fsp3) is 0.0800. The summed E-state index contributed by atoms with van der Waals surface area (Å²) in [6.45, 7) is 0.318. The Hall–Kier alpha value is -3.84. The number of benzene rings is 3. The van der Waals surface area contributed by atoms with E-state index in [9.17, 15) is 14.0 Å². The van der Waals surface area contributed by atoms with Crippen molar-refractivity contribution in [2.45, 2.75) is 13.0 Å². The third kappa shape index (κ3) is 5.65. The van der Waals surface area contributed by atoms with E-state index in [4.69, 9.17) is 0 Å². The summed E-state index contributed by atoms with van der Waals surface area (Å²) in [5.41, 5.74) is 3.39. The minimum atomic E-state index is -0.467. The smallest absolute Gasteiger partial charge is 0.255 e. The van der Waals surface area contributed by atoms with Crippen LogP contribution in [0.5, 0.6) is 0 Å². The highest BCUT2D eigenvalue weighted by molar-refractivity contribution is 7.13. The van der Waals surface area contributed by atoms with Crippen molar-refractivity contribution in [2.24, 2.45) is 0 Å². The SMILES string of the molecule is O=C(Cc1csc(-c2ccccc2)n1)NCc1cccc(NC(=O)c2cccc(F)c2)c1. The minimum Gasteiger partial charge on any atom is -0.352 e. The largest absolute Gasteiger partial charge is 0.352 e. The van der Waals surface area contributed by atoms with E-state index in [1.807, 2.05) is 41.8 Å². The zero-order valence-corrected chi connectivity index (χ0v) is 17.9. The highest BCUT2D eigenvalue weighted by Gasteiger charge is 2.10. The van der Waals surface area contributed by atoms with Crippen molar-refractivity contribution in [3.05, 3.63) is 107 Å². The standard InChI is InChI=1S/C25H20FN3O2S/c26-20-10-5-9-19(13-20)24(31)28-21-11-4-6-17(12-21)15-27-23(30)14-22-16-32-25(29-22)18-7-2-1-3-8-18/h1-13,16H,14-15H2,(H,27,30)(H,28,31). The van der Waals surface area contributed by atoms with Gasteiger partial charge in [0.05, 0.1) is 12.1 Å². The molecule has 0 aliphatic heterocycles. The lowest BCUT2D eigenvalue weighted by atomic mass is 10.1. The van der Waals surface area contributed by atoms with Crippen LogP contribution in [0.2, 0.25) is 0 Å². The predicted octanol–water partition coefficient (Wildman–Crippen LogP) is 5.06. The van der Waals surface area contributed by atoms with Gasteiger partial charge in [0.15, 0.2) is 0 Å². The van der Waals surface area contributed by atoms with E-state index in [0.29, 0.717) is 12.2 Å². The highest BCUT2D eigenvalue weighted by Crippen LogP contribution is 2.23. The van der Waals surface area contributed by atoms with Crippen molar-refractivity contribution in [1.29, 1.82) is 0 Å². The minimum absolute atomic E-state index is 0.135. The first-order chi connectivity index (χ1) is 15.6. The maximum Gasteiger partial charge on any atom is 0.255 e. The Kier molecular flexibility index (Phi) is 6.67. The number of amides is 2. The molecule has 4 rings (SSSR count). The van der Waals surface area contributed by atoms with E-state index in [-0.39, 0.29) is 17.9 Å². The molecule has 2 amide bonds. The first kappa shape index (κ1) is 21.4. The first-order valence-electron chi connectivity index (χ1n) is 9.99. The van der Waals surface area contributed by atoms with Crippen molar-refractivity contribution in [3.63, 3.8) is 0 Å². The molecule has 1 heterocycles. The Morgan fingerprint density at radius 2 is 1.75 bits per heavy atom. The maximum absolute atomic E-state index is 13.3. The summed E-state index contributed by atoms with van der Waals surface area (Å²) in [5, 5.41) is 8.40. The molecule has 160 valence electrons. The van der Waals surface area contributed by atoms with Gasteiger partial charge in [0.2, 0.25) is 5.91 Å². The van der Waals surface area contributed by atoms with Crippen LogP contribution in [-0.2, 0) is 17.8 Å². The van der Waals surface area contributed by atoms with Gasteiger partial charge in [-0.1, -0.05) is 48.5 Å². The summed E-state index contributed by atoms with van der Waals surface area (Å²) in [7, 11) is 0. The van der Waals surface area contributed by atoms with Gasteiger partial charge in [-0.25, -0.2) is 9.37 Å². The molecule has 0 fully saturated rings. The van der Waals surface area contributed by atoms with Crippen LogP contribution in [0.1, 0.15) is 21.6 Å². The van der Waals surface area contributed by atoms with Gasteiger partial charge in [-0.15, -0.1) is 11.3 Å². The molecule has 0 spiro atoms. The predicted molar refractivity (Wildman–Crippen MR) is 124 cm³/mol. The number of aromatic nitrogens is 1. The van der Waals surface area contributed by atoms with Gasteiger partial charge >= 0.3 is 0 Å². The molecule has 0 bridgehead atoms. The van der Waals surface area contributed by atoms with Gasteiger partial charge in [0, 0.05) is 28.7 Å². The third-order valence-corrected chi connectivity index (χ3v) is 5.62. The molecule has 0 radical (unpaired) electrons. The van der Waals surface area contributed by atoms with E-state index < -0.39 is 11.7 Å². The molecule has 0 atom stereocenters. The van der Waals surface area contributed by atoms with Crippen molar-refractivity contribution in [1.82, 2.24) is 10.3 Å². The number of nitrogens with one attached hydrogen (secondary N) is 2. The molecule has 2 N–H and O–H groups in total. The fourth-order valence-electron chi connectivity index (χ4n) is 3.12. The summed E-state index contributed by atoms with van der Waals surface area (Å²) in [4.78, 5) is 29.2. The molecule has 0 aliphatic rings. The zero-order chi connectivity index (χ0) is 22.3. The lowest BCUT2D eigenvalue weighted by Crippen LogP contribution is -2.24. The van der Waals surface area contributed by atoms with E-state index >= 15 is 0 Å². The lowest BCUT2D eigenvalue weighted by Gasteiger charge is -2.09. The van der Waals surface area contributed by atoms with E-state index in [2.05, 4.69) is 15.6 Å². The summed E-state index contributed by atoms with van der Waals surface area (Å²) in [6, 6.07) is 22.5. The summed E-state index contributed by atoms with van der Waals surface area (Å²) < 4.78 is 13.3. The molecular weight excluding hydrogens is 425 g/mol. The summed E-state index contributed by atoms with van der Waals surface area (Å²) in [6.07, 6.45) is 0.194. The van der Waals surface area contributed by atoms with Crippen molar-refractivity contribution >= 4 is 28.8 Å². The van der Waals surface area contributed by atoms with Crippen LogP contribution in [0.3, 0.4) is 0 Å². The quantitative estimate of drug-likeness (QED) is 0.418. The Morgan fingerprint density at radius 1 is 0.938 bits per heavy atom. The fourth-order valence-corrected chi connectivity index (χ4v) is 3.95. The van der Waals surface area contributed by atoms with Gasteiger partial charge in [-0.05, 0) is 35.9 Å². The van der Waals surface area contributed by atoms with Crippen LogP contribution in [0.25, 0.3) is 10.6 Å². The van der Waals surface area contributed by atoms with Gasteiger partial charge in [-0.3, -0.25) is 9.59 Å².